The maximum Gasteiger partial charge on any atom is 0.187 e. The van der Waals surface area contributed by atoms with Gasteiger partial charge in [-0.05, 0) is 19.2 Å². The van der Waals surface area contributed by atoms with E-state index in [1.807, 2.05) is 6.26 Å². The van der Waals surface area contributed by atoms with E-state index in [9.17, 15) is 4.79 Å². The van der Waals surface area contributed by atoms with E-state index >= 15 is 0 Å². The van der Waals surface area contributed by atoms with E-state index < -0.39 is 0 Å². The minimum absolute atomic E-state index is 0.126. The number of nitrogens with zero attached hydrogens (tertiary/aromatic N) is 2. The molecule has 0 spiro atoms. The van der Waals surface area contributed by atoms with Gasteiger partial charge in [0.1, 0.15) is 5.78 Å². The molecule has 0 amide bonds. The third kappa shape index (κ3) is 2.62. The molecule has 0 saturated carbocycles. The zero-order valence-electron chi connectivity index (χ0n) is 7.07. The van der Waals surface area contributed by atoms with E-state index in [0.29, 0.717) is 11.6 Å². The second kappa shape index (κ2) is 4.21. The van der Waals surface area contributed by atoms with Crippen molar-refractivity contribution in [1.82, 2.24) is 9.97 Å². The average Bonchev–Trinajstić information content (AvgIpc) is 2.03. The van der Waals surface area contributed by atoms with Crippen molar-refractivity contribution in [3.05, 3.63) is 18.0 Å². The summed E-state index contributed by atoms with van der Waals surface area (Å²) in [6, 6.07) is 1.76. The maximum absolute atomic E-state index is 10.7. The van der Waals surface area contributed by atoms with Gasteiger partial charge in [-0.3, -0.25) is 4.79 Å². The van der Waals surface area contributed by atoms with Crippen molar-refractivity contribution in [3.63, 3.8) is 0 Å². The molecule has 0 bridgehead atoms. The number of ketones is 1. The summed E-state index contributed by atoms with van der Waals surface area (Å²) in [6.07, 6.45) is 3.99. The summed E-state index contributed by atoms with van der Waals surface area (Å²) in [5.41, 5.74) is 0.793. The lowest BCUT2D eigenvalue weighted by molar-refractivity contribution is -0.116. The molecule has 0 aliphatic heterocycles. The van der Waals surface area contributed by atoms with Crippen molar-refractivity contribution < 1.29 is 4.79 Å². The van der Waals surface area contributed by atoms with Crippen LogP contribution in [0.2, 0.25) is 0 Å². The van der Waals surface area contributed by atoms with Gasteiger partial charge in [-0.1, -0.05) is 11.8 Å². The number of thioether (sulfide) groups is 1. The van der Waals surface area contributed by atoms with E-state index in [4.69, 9.17) is 0 Å². The number of hydrogen-bond acceptors (Lipinski definition) is 4. The van der Waals surface area contributed by atoms with Crippen molar-refractivity contribution in [2.45, 2.75) is 18.5 Å². The van der Waals surface area contributed by atoms with Crippen LogP contribution in [0.15, 0.2) is 17.4 Å². The minimum Gasteiger partial charge on any atom is -0.300 e. The summed E-state index contributed by atoms with van der Waals surface area (Å²) in [5.74, 6) is 0.126. The number of hydrogen-bond donors (Lipinski definition) is 0. The number of aromatic nitrogens is 2. The normalized spacial score (nSPS) is 9.83. The van der Waals surface area contributed by atoms with Crippen LogP contribution < -0.4 is 0 Å². The molecule has 1 rings (SSSR count). The first-order valence-electron chi connectivity index (χ1n) is 3.57. The molecule has 4 heteroatoms. The van der Waals surface area contributed by atoms with Gasteiger partial charge >= 0.3 is 0 Å². The third-order valence-electron chi connectivity index (χ3n) is 1.30. The molecule has 12 heavy (non-hydrogen) atoms. The fourth-order valence-corrected chi connectivity index (χ4v) is 1.20. The van der Waals surface area contributed by atoms with Crippen molar-refractivity contribution in [1.29, 1.82) is 0 Å². The van der Waals surface area contributed by atoms with Crippen LogP contribution in [0.3, 0.4) is 0 Å². The fraction of sp³-hybridized carbons (Fsp3) is 0.375. The van der Waals surface area contributed by atoms with Crippen molar-refractivity contribution in [2.24, 2.45) is 0 Å². The van der Waals surface area contributed by atoms with Crippen LogP contribution in [0.5, 0.6) is 0 Å². The molecular formula is C8H10N2OS. The van der Waals surface area contributed by atoms with Gasteiger partial charge in [-0.2, -0.15) is 0 Å². The van der Waals surface area contributed by atoms with E-state index in [2.05, 4.69) is 9.97 Å². The molecule has 0 N–H and O–H groups in total. The highest BCUT2D eigenvalue weighted by Crippen LogP contribution is 2.07. The summed E-state index contributed by atoms with van der Waals surface area (Å²) in [4.78, 5) is 18.9. The van der Waals surface area contributed by atoms with Crippen molar-refractivity contribution in [2.75, 3.05) is 6.26 Å². The van der Waals surface area contributed by atoms with Gasteiger partial charge in [0, 0.05) is 12.6 Å². The van der Waals surface area contributed by atoms with Gasteiger partial charge in [0.2, 0.25) is 0 Å². The number of Topliss-reactive ketones (excluding diaryl/α,β-unsaturated/α-hetero) is 1. The molecule has 0 aromatic carbocycles. The van der Waals surface area contributed by atoms with Gasteiger partial charge in [0.15, 0.2) is 5.16 Å². The van der Waals surface area contributed by atoms with Gasteiger partial charge in [0.25, 0.3) is 0 Å². The van der Waals surface area contributed by atoms with Crippen LogP contribution in [0, 0.1) is 0 Å². The molecular weight excluding hydrogens is 172 g/mol. The smallest absolute Gasteiger partial charge is 0.187 e. The Morgan fingerprint density at radius 1 is 1.67 bits per heavy atom. The molecule has 0 aliphatic rings. The predicted octanol–water partition coefficient (Wildman–Crippen LogP) is 1.33. The zero-order chi connectivity index (χ0) is 8.97. The Morgan fingerprint density at radius 3 is 3.00 bits per heavy atom. The highest BCUT2D eigenvalue weighted by molar-refractivity contribution is 7.98. The van der Waals surface area contributed by atoms with Crippen LogP contribution in [0.1, 0.15) is 12.6 Å². The second-order valence-corrected chi connectivity index (χ2v) is 3.19. The summed E-state index contributed by atoms with van der Waals surface area (Å²) in [6.45, 7) is 1.56. The van der Waals surface area contributed by atoms with E-state index in [1.54, 1.807) is 19.2 Å². The molecule has 1 heterocycles. The lowest BCUT2D eigenvalue weighted by atomic mass is 10.2. The van der Waals surface area contributed by atoms with Crippen LogP contribution >= 0.6 is 11.8 Å². The first-order valence-corrected chi connectivity index (χ1v) is 4.80. The molecule has 0 radical (unpaired) electrons. The summed E-state index contributed by atoms with van der Waals surface area (Å²) in [7, 11) is 0. The summed E-state index contributed by atoms with van der Waals surface area (Å²) >= 11 is 1.48. The standard InChI is InChI=1S/C8H10N2OS/c1-6(11)5-7-3-4-9-8(10-7)12-2/h3-4H,5H2,1-2H3. The number of carbonyl (C=O) groups excluding carboxylic acids is 1. The quantitative estimate of drug-likeness (QED) is 0.522. The fourth-order valence-electron chi connectivity index (χ4n) is 0.828. The Balaban J connectivity index is 2.79. The topological polar surface area (TPSA) is 42.9 Å². The van der Waals surface area contributed by atoms with Crippen molar-refractivity contribution in [3.8, 4) is 0 Å². The molecule has 3 nitrogen and oxygen atoms in total. The van der Waals surface area contributed by atoms with Crippen LogP contribution in [0.4, 0.5) is 0 Å². The molecule has 1 aromatic rings. The molecule has 0 unspecified atom stereocenters. The largest absolute Gasteiger partial charge is 0.300 e. The zero-order valence-corrected chi connectivity index (χ0v) is 7.89. The molecule has 64 valence electrons. The van der Waals surface area contributed by atoms with E-state index in [1.165, 1.54) is 11.8 Å². The average molecular weight is 182 g/mol. The van der Waals surface area contributed by atoms with Gasteiger partial charge in [-0.15, -0.1) is 0 Å². The number of carbonyl (C=O) groups is 1. The van der Waals surface area contributed by atoms with Crippen LogP contribution in [-0.4, -0.2) is 22.0 Å². The Labute approximate surface area is 75.6 Å². The highest BCUT2D eigenvalue weighted by atomic mass is 32.2. The van der Waals surface area contributed by atoms with Gasteiger partial charge in [-0.25, -0.2) is 9.97 Å². The Bertz CT molecular complexity index is 288. The van der Waals surface area contributed by atoms with E-state index in [-0.39, 0.29) is 5.78 Å². The first kappa shape index (κ1) is 9.19. The molecule has 0 fully saturated rings. The maximum atomic E-state index is 10.7. The van der Waals surface area contributed by atoms with Crippen molar-refractivity contribution >= 4 is 17.5 Å². The molecule has 0 saturated heterocycles. The Kier molecular flexibility index (Phi) is 3.22. The van der Waals surface area contributed by atoms with Crippen LogP contribution in [-0.2, 0) is 11.2 Å². The summed E-state index contributed by atoms with van der Waals surface area (Å²) in [5, 5.41) is 0.716. The molecule has 1 aromatic heterocycles. The summed E-state index contributed by atoms with van der Waals surface area (Å²) < 4.78 is 0. The lowest BCUT2D eigenvalue weighted by Crippen LogP contribution is -2.00. The third-order valence-corrected chi connectivity index (χ3v) is 1.87. The molecule has 0 aliphatic carbocycles. The Hall–Kier alpha value is -0.900. The molecule has 0 atom stereocenters. The van der Waals surface area contributed by atoms with Gasteiger partial charge < -0.3 is 0 Å². The first-order chi connectivity index (χ1) is 5.72. The highest BCUT2D eigenvalue weighted by Gasteiger charge is 2.00. The minimum atomic E-state index is 0.126. The van der Waals surface area contributed by atoms with Crippen LogP contribution in [0.25, 0.3) is 0 Å². The Morgan fingerprint density at radius 2 is 2.42 bits per heavy atom. The SMILES string of the molecule is CSc1nccc(CC(C)=O)n1. The monoisotopic (exact) mass is 182 g/mol. The second-order valence-electron chi connectivity index (χ2n) is 2.41. The van der Waals surface area contributed by atoms with E-state index in [0.717, 1.165) is 5.69 Å². The lowest BCUT2D eigenvalue weighted by Gasteiger charge is -1.97. The predicted molar refractivity (Wildman–Crippen MR) is 48.2 cm³/mol. The van der Waals surface area contributed by atoms with Gasteiger partial charge in [0.05, 0.1) is 5.69 Å². The number of rotatable bonds is 3.